The Morgan fingerprint density at radius 3 is 2.52 bits per heavy atom. The van der Waals surface area contributed by atoms with Crippen LogP contribution in [0.5, 0.6) is 11.5 Å². The Bertz CT molecular complexity index is 1570. The van der Waals surface area contributed by atoms with Crippen molar-refractivity contribution in [2.24, 2.45) is 0 Å². The van der Waals surface area contributed by atoms with Crippen LogP contribution in [0.1, 0.15) is 12.0 Å². The number of benzene rings is 2. The molecule has 1 aliphatic heterocycles. The molecule has 0 saturated carbocycles. The topological polar surface area (TPSA) is 107 Å². The number of anilines is 2. The maximum atomic E-state index is 12.0. The summed E-state index contributed by atoms with van der Waals surface area (Å²) in [5.41, 5.74) is 2.10. The number of aromatic nitrogens is 2. The second kappa shape index (κ2) is 13.3. The number of methoxy groups -OCH3 is 2. The quantitative estimate of drug-likeness (QED) is 0.186. The molecule has 11 heteroatoms. The Morgan fingerprint density at radius 2 is 1.83 bits per heavy atom. The number of ether oxygens (including phenoxy) is 3. The molecule has 3 heterocycles. The molecule has 2 aromatic heterocycles. The maximum absolute atomic E-state index is 12.0. The molecule has 0 unspecified atom stereocenters. The van der Waals surface area contributed by atoms with Crippen molar-refractivity contribution in [1.82, 2.24) is 15.3 Å². The fraction of sp³-hybridized carbons (Fsp3) is 0.258. The van der Waals surface area contributed by atoms with E-state index in [-0.39, 0.29) is 18.0 Å². The summed E-state index contributed by atoms with van der Waals surface area (Å²) in [6.07, 6.45) is 3.70. The molecule has 1 saturated heterocycles. The van der Waals surface area contributed by atoms with Gasteiger partial charge in [0.2, 0.25) is 5.91 Å². The zero-order valence-corrected chi connectivity index (χ0v) is 24.8. The number of rotatable bonds is 10. The van der Waals surface area contributed by atoms with Crippen molar-refractivity contribution in [1.29, 1.82) is 0 Å². The fourth-order valence-electron chi connectivity index (χ4n) is 4.86. The first-order valence-corrected chi connectivity index (χ1v) is 14.1. The molecular formula is C31H31Cl2N5O4. The number of pyridine rings is 2. The largest absolute Gasteiger partial charge is 0.495 e. The van der Waals surface area contributed by atoms with Crippen LogP contribution in [0, 0.1) is 0 Å². The Morgan fingerprint density at radius 1 is 1.10 bits per heavy atom. The number of nitrogens with one attached hydrogen (secondary N) is 3. The average Bonchev–Trinajstić information content (AvgIpc) is 3.01. The van der Waals surface area contributed by atoms with Crippen LogP contribution in [-0.2, 0) is 16.1 Å². The van der Waals surface area contributed by atoms with Crippen molar-refractivity contribution in [3.8, 4) is 22.8 Å². The third-order valence-electron chi connectivity index (χ3n) is 7.05. The molecule has 3 N–H and O–H groups in total. The van der Waals surface area contributed by atoms with E-state index in [9.17, 15) is 4.79 Å². The first-order chi connectivity index (χ1) is 20.4. The lowest BCUT2D eigenvalue weighted by molar-refractivity contribution is -0.117. The van der Waals surface area contributed by atoms with Gasteiger partial charge in [-0.25, -0.2) is 9.97 Å². The summed E-state index contributed by atoms with van der Waals surface area (Å²) in [5, 5.41) is 12.2. The summed E-state index contributed by atoms with van der Waals surface area (Å²) in [4.78, 5) is 21.6. The van der Waals surface area contributed by atoms with Crippen LogP contribution < -0.4 is 25.4 Å². The molecule has 1 amide bonds. The van der Waals surface area contributed by atoms with Crippen molar-refractivity contribution >= 4 is 51.5 Å². The summed E-state index contributed by atoms with van der Waals surface area (Å²) in [7, 11) is 3.06. The number of halogens is 2. The van der Waals surface area contributed by atoms with E-state index < -0.39 is 0 Å². The highest BCUT2D eigenvalue weighted by Crippen LogP contribution is 2.46. The minimum Gasteiger partial charge on any atom is -0.495 e. The van der Waals surface area contributed by atoms with Gasteiger partial charge in [-0.05, 0) is 30.2 Å². The van der Waals surface area contributed by atoms with E-state index in [1.807, 2.05) is 42.5 Å². The van der Waals surface area contributed by atoms with Crippen LogP contribution in [0.2, 0.25) is 10.0 Å². The third-order valence-corrected chi connectivity index (χ3v) is 7.80. The molecular weight excluding hydrogens is 577 g/mol. The van der Waals surface area contributed by atoms with Crippen molar-refractivity contribution in [2.75, 3.05) is 38.1 Å². The van der Waals surface area contributed by atoms with Crippen LogP contribution in [-0.4, -0.2) is 55.4 Å². The van der Waals surface area contributed by atoms with Gasteiger partial charge in [-0.3, -0.25) is 4.79 Å². The number of fused-ring (bicyclic) bond motifs is 1. The van der Waals surface area contributed by atoms with Crippen molar-refractivity contribution < 1.29 is 19.0 Å². The summed E-state index contributed by atoms with van der Waals surface area (Å²) in [6, 6.07) is 15.2. The summed E-state index contributed by atoms with van der Waals surface area (Å²) >= 11 is 13.5. The van der Waals surface area contributed by atoms with Gasteiger partial charge in [0.05, 0.1) is 48.6 Å². The number of carbonyl (C=O) groups is 1. The second-order valence-electron chi connectivity index (χ2n) is 9.70. The molecule has 1 aliphatic rings. The highest BCUT2D eigenvalue weighted by atomic mass is 35.5. The van der Waals surface area contributed by atoms with Gasteiger partial charge >= 0.3 is 0 Å². The van der Waals surface area contributed by atoms with E-state index in [0.717, 1.165) is 16.3 Å². The lowest BCUT2D eigenvalue weighted by atomic mass is 10.0. The Labute approximate surface area is 254 Å². The predicted octanol–water partition coefficient (Wildman–Crippen LogP) is 6.10. The van der Waals surface area contributed by atoms with E-state index in [4.69, 9.17) is 42.4 Å². The minimum atomic E-state index is -0.226. The van der Waals surface area contributed by atoms with Crippen molar-refractivity contribution in [3.05, 3.63) is 83.0 Å². The Kier molecular flexibility index (Phi) is 9.31. The van der Waals surface area contributed by atoms with E-state index in [1.54, 1.807) is 12.3 Å². The highest BCUT2D eigenvalue weighted by molar-refractivity contribution is 6.41. The van der Waals surface area contributed by atoms with E-state index in [1.165, 1.54) is 20.3 Å². The molecule has 4 aromatic rings. The maximum Gasteiger partial charge on any atom is 0.243 e. The number of hydrogen-bond donors (Lipinski definition) is 3. The van der Waals surface area contributed by atoms with Gasteiger partial charge in [-0.1, -0.05) is 60.1 Å². The van der Waals surface area contributed by atoms with Gasteiger partial charge in [0.1, 0.15) is 23.1 Å². The van der Waals surface area contributed by atoms with Crippen molar-refractivity contribution in [3.63, 3.8) is 0 Å². The predicted molar refractivity (Wildman–Crippen MR) is 167 cm³/mol. The molecule has 1 fully saturated rings. The first-order valence-electron chi connectivity index (χ1n) is 13.4. The van der Waals surface area contributed by atoms with Crippen LogP contribution in [0.3, 0.4) is 0 Å². The summed E-state index contributed by atoms with van der Waals surface area (Å²) < 4.78 is 16.6. The summed E-state index contributed by atoms with van der Waals surface area (Å²) in [6.45, 7) is 5.08. The lowest BCUT2D eigenvalue weighted by Gasteiger charge is -2.32. The molecule has 9 nitrogen and oxygen atoms in total. The Balaban J connectivity index is 1.57. The summed E-state index contributed by atoms with van der Waals surface area (Å²) in [5.74, 6) is 1.84. The SMILES string of the molecule is C=CC(=O)N[C@H]1CCOC[C@H]1Nc1cc2c(NCc3ccccc3)nc(-c3c(Cl)c(OC)cc(OC)c3Cl)cc2cn1. The van der Waals surface area contributed by atoms with Gasteiger partial charge in [-0.2, -0.15) is 0 Å². The zero-order chi connectivity index (χ0) is 29.6. The second-order valence-corrected chi connectivity index (χ2v) is 10.5. The molecule has 0 radical (unpaired) electrons. The number of hydrogen-bond acceptors (Lipinski definition) is 8. The Hall–Kier alpha value is -4.05. The van der Waals surface area contributed by atoms with E-state index >= 15 is 0 Å². The zero-order valence-electron chi connectivity index (χ0n) is 23.2. The van der Waals surface area contributed by atoms with Crippen LogP contribution in [0.15, 0.2) is 67.4 Å². The molecule has 218 valence electrons. The van der Waals surface area contributed by atoms with Gasteiger partial charge < -0.3 is 30.2 Å². The van der Waals surface area contributed by atoms with E-state index in [0.29, 0.717) is 70.6 Å². The normalized spacial score (nSPS) is 16.5. The standard InChI is InChI=1S/C31H31Cl2N5O4/c1-4-27(39)37-21-10-11-42-17-23(21)36-26-13-20-19(16-34-26)12-22(38-31(20)35-15-18-8-6-5-7-9-18)28-29(32)24(40-2)14-25(41-3)30(28)33/h4-9,12-14,16,21,23H,1,10-11,15,17H2,2-3H3,(H,34,36)(H,35,38)(H,37,39)/t21-,23+/m0/s1. The average molecular weight is 609 g/mol. The third kappa shape index (κ3) is 6.38. The van der Waals surface area contributed by atoms with Gasteiger partial charge in [0.25, 0.3) is 0 Å². The molecule has 5 rings (SSSR count). The van der Waals surface area contributed by atoms with Gasteiger partial charge in [-0.15, -0.1) is 0 Å². The molecule has 0 spiro atoms. The van der Waals surface area contributed by atoms with Crippen LogP contribution in [0.25, 0.3) is 22.0 Å². The van der Waals surface area contributed by atoms with Crippen LogP contribution >= 0.6 is 23.2 Å². The molecule has 2 atom stereocenters. The molecule has 0 aliphatic carbocycles. The first kappa shape index (κ1) is 29.4. The van der Waals surface area contributed by atoms with E-state index in [2.05, 4.69) is 27.5 Å². The number of nitrogens with zero attached hydrogens (tertiary/aromatic N) is 2. The highest BCUT2D eigenvalue weighted by Gasteiger charge is 2.27. The molecule has 0 bridgehead atoms. The minimum absolute atomic E-state index is 0.134. The molecule has 42 heavy (non-hydrogen) atoms. The van der Waals surface area contributed by atoms with Crippen LogP contribution in [0.4, 0.5) is 11.6 Å². The number of carbonyl (C=O) groups excluding carboxylic acids is 1. The van der Waals surface area contributed by atoms with Gasteiger partial charge in [0, 0.05) is 41.8 Å². The number of amides is 1. The monoisotopic (exact) mass is 607 g/mol. The van der Waals surface area contributed by atoms with Crippen molar-refractivity contribution in [2.45, 2.75) is 25.0 Å². The van der Waals surface area contributed by atoms with Gasteiger partial charge in [0.15, 0.2) is 0 Å². The fourth-order valence-corrected chi connectivity index (χ4v) is 5.56. The lowest BCUT2D eigenvalue weighted by Crippen LogP contribution is -2.52. The smallest absolute Gasteiger partial charge is 0.243 e. The molecule has 2 aromatic carbocycles.